The van der Waals surface area contributed by atoms with Crippen LogP contribution in [-0.2, 0) is 6.54 Å². The van der Waals surface area contributed by atoms with Gasteiger partial charge in [-0.15, -0.1) is 0 Å². The van der Waals surface area contributed by atoms with Gasteiger partial charge in [0.1, 0.15) is 6.54 Å². The predicted octanol–water partition coefficient (Wildman–Crippen LogP) is 3.17. The number of hydrogen-bond donors (Lipinski definition) is 0. The van der Waals surface area contributed by atoms with Crippen molar-refractivity contribution in [2.45, 2.75) is 6.54 Å². The smallest absolute Gasteiger partial charge is 0.200 e. The monoisotopic (exact) mass is 260 g/mol. The topological polar surface area (TPSA) is 93.3 Å². The highest BCUT2D eigenvalue weighted by Gasteiger charge is 2.10. The number of methoxy groups -OCH3 is 2. The summed E-state index contributed by atoms with van der Waals surface area (Å²) in [7, 11) is 3.14. The molecule has 7 heteroatoms. The number of rotatable bonds is 5. The largest absolute Gasteiger partial charge is 0.493 e. The lowest BCUT2D eigenvalue weighted by molar-refractivity contribution is 0.355. The number of hydrogen-bond acceptors (Lipinski definition) is 5. The normalized spacial score (nSPS) is 9.79. The fraction of sp³-hybridized carbons (Fsp3) is 0.250. The summed E-state index contributed by atoms with van der Waals surface area (Å²) in [5.74, 6) is 2.18. The second kappa shape index (κ2) is 5.79. The van der Waals surface area contributed by atoms with Gasteiger partial charge in [0.2, 0.25) is 5.89 Å². The van der Waals surface area contributed by atoms with Crippen LogP contribution in [0.3, 0.4) is 0 Å². The maximum absolute atomic E-state index is 8.24. The van der Waals surface area contributed by atoms with Gasteiger partial charge in [0, 0.05) is 10.5 Å². The molecule has 0 spiro atoms. The number of aromatic nitrogens is 1. The summed E-state index contributed by atoms with van der Waals surface area (Å²) in [5.41, 5.74) is 9.04. The van der Waals surface area contributed by atoms with Crippen LogP contribution in [0.25, 0.3) is 21.8 Å². The summed E-state index contributed by atoms with van der Waals surface area (Å²) in [4.78, 5) is 6.68. The van der Waals surface area contributed by atoms with E-state index < -0.39 is 0 Å². The van der Waals surface area contributed by atoms with E-state index in [-0.39, 0.29) is 6.54 Å². The van der Waals surface area contributed by atoms with E-state index in [1.54, 1.807) is 32.5 Å². The van der Waals surface area contributed by atoms with Crippen LogP contribution in [0.1, 0.15) is 5.89 Å². The van der Waals surface area contributed by atoms with Crippen molar-refractivity contribution in [3.63, 3.8) is 0 Å². The average Bonchev–Trinajstić information content (AvgIpc) is 2.93. The van der Waals surface area contributed by atoms with Crippen molar-refractivity contribution in [3.05, 3.63) is 40.7 Å². The van der Waals surface area contributed by atoms with Crippen molar-refractivity contribution < 1.29 is 13.9 Å². The van der Waals surface area contributed by atoms with Crippen molar-refractivity contribution in [3.8, 4) is 22.8 Å². The molecule has 0 unspecified atom stereocenters. The van der Waals surface area contributed by atoms with Crippen molar-refractivity contribution in [2.75, 3.05) is 14.2 Å². The first-order valence-corrected chi connectivity index (χ1v) is 5.46. The first-order chi connectivity index (χ1) is 9.28. The van der Waals surface area contributed by atoms with Crippen LogP contribution in [0.2, 0.25) is 0 Å². The van der Waals surface area contributed by atoms with E-state index in [1.165, 1.54) is 0 Å². The van der Waals surface area contributed by atoms with E-state index >= 15 is 0 Å². The van der Waals surface area contributed by atoms with Crippen molar-refractivity contribution >= 4 is 0 Å². The third kappa shape index (κ3) is 2.78. The summed E-state index contributed by atoms with van der Waals surface area (Å²) in [6.07, 6.45) is 1.57. The molecular formula is C12H12N4O3. The van der Waals surface area contributed by atoms with Gasteiger partial charge in [0.25, 0.3) is 0 Å². The van der Waals surface area contributed by atoms with Crippen LogP contribution < -0.4 is 9.47 Å². The Kier molecular flexibility index (Phi) is 3.90. The zero-order chi connectivity index (χ0) is 13.7. The van der Waals surface area contributed by atoms with E-state index in [2.05, 4.69) is 15.0 Å². The molecule has 0 aliphatic rings. The van der Waals surface area contributed by atoms with Crippen LogP contribution in [0.5, 0.6) is 11.5 Å². The van der Waals surface area contributed by atoms with Crippen LogP contribution in [0.15, 0.2) is 33.9 Å². The standard InChI is InChI=1S/C12H12N4O3/c1-17-9-4-3-8(5-10(9)18-2)11-6-14-12(19-11)7-15-16-13/h3-6H,7H2,1-2H3. The van der Waals surface area contributed by atoms with Gasteiger partial charge >= 0.3 is 0 Å². The fourth-order valence-corrected chi connectivity index (χ4v) is 1.60. The van der Waals surface area contributed by atoms with E-state index in [0.717, 1.165) is 5.56 Å². The lowest BCUT2D eigenvalue weighted by atomic mass is 10.1. The quantitative estimate of drug-likeness (QED) is 0.468. The Hall–Kier alpha value is -2.66. The Labute approximate surface area is 109 Å². The van der Waals surface area contributed by atoms with Crippen LogP contribution in [0.4, 0.5) is 0 Å². The molecule has 0 fully saturated rings. The highest BCUT2D eigenvalue weighted by molar-refractivity contribution is 5.62. The molecule has 0 atom stereocenters. The fourth-order valence-electron chi connectivity index (χ4n) is 1.60. The number of benzene rings is 1. The SMILES string of the molecule is COc1ccc(-c2cnc(CN=[N+]=[N-])o2)cc1OC. The van der Waals surface area contributed by atoms with Gasteiger partial charge in [-0.2, -0.15) is 0 Å². The molecule has 2 aromatic rings. The van der Waals surface area contributed by atoms with Crippen LogP contribution >= 0.6 is 0 Å². The third-order valence-electron chi connectivity index (χ3n) is 2.49. The summed E-state index contributed by atoms with van der Waals surface area (Å²) in [5, 5.41) is 3.39. The zero-order valence-corrected chi connectivity index (χ0v) is 10.5. The number of nitrogens with zero attached hydrogens (tertiary/aromatic N) is 4. The summed E-state index contributed by atoms with van der Waals surface area (Å²) < 4.78 is 15.8. The highest BCUT2D eigenvalue weighted by Crippen LogP contribution is 2.32. The molecule has 98 valence electrons. The molecule has 0 saturated carbocycles. The number of oxazole rings is 1. The summed E-state index contributed by atoms with van der Waals surface area (Å²) >= 11 is 0. The molecule has 0 aliphatic carbocycles. The molecule has 1 aromatic carbocycles. The van der Waals surface area contributed by atoms with E-state index in [4.69, 9.17) is 19.4 Å². The van der Waals surface area contributed by atoms with E-state index in [1.807, 2.05) is 6.07 Å². The Balaban J connectivity index is 2.30. The van der Waals surface area contributed by atoms with Gasteiger partial charge in [-0.3, -0.25) is 0 Å². The maximum atomic E-state index is 8.24. The third-order valence-corrected chi connectivity index (χ3v) is 2.49. The lowest BCUT2D eigenvalue weighted by Gasteiger charge is -2.07. The van der Waals surface area contributed by atoms with Crippen LogP contribution in [-0.4, -0.2) is 19.2 Å². The minimum atomic E-state index is 0.0871. The molecular weight excluding hydrogens is 248 g/mol. The number of azide groups is 1. The maximum Gasteiger partial charge on any atom is 0.200 e. The van der Waals surface area contributed by atoms with E-state index in [9.17, 15) is 0 Å². The predicted molar refractivity (Wildman–Crippen MR) is 67.9 cm³/mol. The molecule has 0 amide bonds. The molecule has 0 radical (unpaired) electrons. The molecule has 0 saturated heterocycles. The first kappa shape index (κ1) is 12.8. The van der Waals surface area contributed by atoms with Gasteiger partial charge in [0.05, 0.1) is 20.4 Å². The zero-order valence-electron chi connectivity index (χ0n) is 10.5. The van der Waals surface area contributed by atoms with Gasteiger partial charge in [-0.05, 0) is 23.7 Å². The van der Waals surface area contributed by atoms with Gasteiger partial charge in [0.15, 0.2) is 17.3 Å². The molecule has 7 nitrogen and oxygen atoms in total. The van der Waals surface area contributed by atoms with E-state index in [0.29, 0.717) is 23.1 Å². The Bertz CT molecular complexity index is 617. The molecule has 0 N–H and O–H groups in total. The van der Waals surface area contributed by atoms with Gasteiger partial charge in [-0.1, -0.05) is 5.11 Å². The Morgan fingerprint density at radius 1 is 1.32 bits per heavy atom. The minimum absolute atomic E-state index is 0.0871. The van der Waals surface area contributed by atoms with Crippen molar-refractivity contribution in [1.82, 2.24) is 4.98 Å². The molecule has 1 aromatic heterocycles. The second-order valence-corrected chi connectivity index (χ2v) is 3.58. The van der Waals surface area contributed by atoms with Gasteiger partial charge < -0.3 is 13.9 Å². The van der Waals surface area contributed by atoms with Crippen molar-refractivity contribution in [2.24, 2.45) is 5.11 Å². The molecule has 1 heterocycles. The summed E-state index contributed by atoms with van der Waals surface area (Å²) in [6.45, 7) is 0.0871. The first-order valence-electron chi connectivity index (χ1n) is 5.46. The molecule has 0 aliphatic heterocycles. The Morgan fingerprint density at radius 3 is 2.79 bits per heavy atom. The summed E-state index contributed by atoms with van der Waals surface area (Å²) in [6, 6.07) is 5.40. The molecule has 19 heavy (non-hydrogen) atoms. The average molecular weight is 260 g/mol. The molecule has 2 rings (SSSR count). The number of ether oxygens (including phenoxy) is 2. The van der Waals surface area contributed by atoms with Gasteiger partial charge in [-0.25, -0.2) is 4.98 Å². The highest BCUT2D eigenvalue weighted by atomic mass is 16.5. The lowest BCUT2D eigenvalue weighted by Crippen LogP contribution is -1.90. The van der Waals surface area contributed by atoms with Crippen molar-refractivity contribution in [1.29, 1.82) is 0 Å². The second-order valence-electron chi connectivity index (χ2n) is 3.58. The Morgan fingerprint density at radius 2 is 2.11 bits per heavy atom. The van der Waals surface area contributed by atoms with Crippen LogP contribution in [0, 0.1) is 0 Å². The molecule has 0 bridgehead atoms. The minimum Gasteiger partial charge on any atom is -0.493 e.